The van der Waals surface area contributed by atoms with E-state index in [0.29, 0.717) is 24.1 Å². The molecule has 2 unspecified atom stereocenters. The summed E-state index contributed by atoms with van der Waals surface area (Å²) in [6.45, 7) is 5.34. The molecule has 3 atom stereocenters. The molecule has 0 saturated heterocycles. The highest BCUT2D eigenvalue weighted by atomic mass is 19.2. The number of hydrogen-bond acceptors (Lipinski definition) is 3. The molecule has 0 bridgehead atoms. The van der Waals surface area contributed by atoms with Crippen LogP contribution in [0, 0.1) is 11.6 Å². The zero-order valence-electron chi connectivity index (χ0n) is 16.2. The molecule has 0 fully saturated rings. The van der Waals surface area contributed by atoms with Gasteiger partial charge in [-0.25, -0.2) is 13.6 Å². The highest BCUT2D eigenvalue weighted by molar-refractivity contribution is 5.67. The van der Waals surface area contributed by atoms with Crippen LogP contribution in [0.25, 0.3) is 0 Å². The van der Waals surface area contributed by atoms with Crippen LogP contribution in [0.4, 0.5) is 13.6 Å². The van der Waals surface area contributed by atoms with E-state index >= 15 is 0 Å². The van der Waals surface area contributed by atoms with E-state index in [0.717, 1.165) is 6.07 Å². The van der Waals surface area contributed by atoms with Crippen molar-refractivity contribution in [3.63, 3.8) is 0 Å². The molecule has 2 aromatic rings. The van der Waals surface area contributed by atoms with Crippen LogP contribution in [0.1, 0.15) is 68.4 Å². The van der Waals surface area contributed by atoms with Gasteiger partial charge in [0.05, 0.1) is 11.7 Å². The first-order valence-corrected chi connectivity index (χ1v) is 9.29. The first-order chi connectivity index (χ1) is 13.1. The van der Waals surface area contributed by atoms with Crippen molar-refractivity contribution in [1.82, 2.24) is 9.88 Å². The van der Waals surface area contributed by atoms with E-state index in [2.05, 4.69) is 4.98 Å². The van der Waals surface area contributed by atoms with Crippen molar-refractivity contribution < 1.29 is 18.7 Å². The van der Waals surface area contributed by atoms with Crippen molar-refractivity contribution >= 4 is 6.09 Å². The Morgan fingerprint density at radius 1 is 1.18 bits per heavy atom. The number of carbonyl (C=O) groups is 1. The van der Waals surface area contributed by atoms with E-state index in [1.165, 1.54) is 17.0 Å². The lowest BCUT2D eigenvalue weighted by Crippen LogP contribution is -2.49. The summed E-state index contributed by atoms with van der Waals surface area (Å²) in [5.74, 6) is -2.49. The van der Waals surface area contributed by atoms with Crippen molar-refractivity contribution in [3.8, 4) is 0 Å². The Labute approximate surface area is 163 Å². The van der Waals surface area contributed by atoms with Gasteiger partial charge in [-0.05, 0) is 56.9 Å². The number of hydrogen-bond donors (Lipinski definition) is 2. The first-order valence-electron chi connectivity index (χ1n) is 9.29. The third-order valence-electron chi connectivity index (χ3n) is 5.30. The smallest absolute Gasteiger partial charge is 0.408 e. The third-order valence-corrected chi connectivity index (χ3v) is 5.30. The quantitative estimate of drug-likeness (QED) is 0.726. The minimum atomic E-state index is -1.13. The molecule has 1 aromatic heterocycles. The number of aromatic nitrogens is 1. The summed E-state index contributed by atoms with van der Waals surface area (Å²) < 4.78 is 28.7. The van der Waals surface area contributed by atoms with Crippen LogP contribution in [0.15, 0.2) is 36.5 Å². The predicted octanol–water partition coefficient (Wildman–Crippen LogP) is 4.76. The van der Waals surface area contributed by atoms with Crippen LogP contribution in [0.5, 0.6) is 0 Å². The summed E-state index contributed by atoms with van der Waals surface area (Å²) in [6, 6.07) is 6.37. The van der Waals surface area contributed by atoms with E-state index in [4.69, 9.17) is 5.73 Å². The van der Waals surface area contributed by atoms with Gasteiger partial charge in [0, 0.05) is 23.7 Å². The molecular weight excluding hydrogens is 364 g/mol. The van der Waals surface area contributed by atoms with E-state index in [9.17, 15) is 18.7 Å². The summed E-state index contributed by atoms with van der Waals surface area (Å²) >= 11 is 0. The van der Waals surface area contributed by atoms with E-state index in [1.807, 2.05) is 0 Å². The standard InChI is InChI=1S/C21H25F2N3O2/c1-21(2,3)26(20(27)28)19-13(12-6-4-8-15(22)17(12)23)9-10-16(24)18-14(19)7-5-11-25-18/h4-8,11,13,16,19H,9-10,24H2,1-3H3,(H,27,28)/t13?,16-,19?/m1/s1. The zero-order chi connectivity index (χ0) is 20.6. The van der Waals surface area contributed by atoms with Gasteiger partial charge in [0.2, 0.25) is 0 Å². The largest absolute Gasteiger partial charge is 0.465 e. The fraction of sp³-hybridized carbons (Fsp3) is 0.429. The highest BCUT2D eigenvalue weighted by Gasteiger charge is 2.43. The number of nitrogens with zero attached hydrogens (tertiary/aromatic N) is 2. The number of carboxylic acid groups (broad SMARTS) is 1. The van der Waals surface area contributed by atoms with Gasteiger partial charge >= 0.3 is 6.09 Å². The molecule has 3 rings (SSSR count). The van der Waals surface area contributed by atoms with Crippen LogP contribution in [0.2, 0.25) is 0 Å². The van der Waals surface area contributed by atoms with Crippen LogP contribution in [0.3, 0.4) is 0 Å². The SMILES string of the molecule is CC(C)(C)N(C(=O)O)C1c2cccnc2[C@H](N)CCC1c1cccc(F)c1F. The second kappa shape index (κ2) is 7.47. The van der Waals surface area contributed by atoms with Gasteiger partial charge in [-0.15, -0.1) is 0 Å². The lowest BCUT2D eigenvalue weighted by molar-refractivity contribution is 0.0585. The molecule has 1 aliphatic carbocycles. The Bertz CT molecular complexity index is 882. The van der Waals surface area contributed by atoms with Crippen LogP contribution >= 0.6 is 0 Å². The van der Waals surface area contributed by atoms with E-state index < -0.39 is 41.3 Å². The molecule has 7 heteroatoms. The van der Waals surface area contributed by atoms with Crippen molar-refractivity contribution in [2.45, 2.75) is 57.2 Å². The summed E-state index contributed by atoms with van der Waals surface area (Å²) in [5.41, 5.74) is 6.92. The number of pyridine rings is 1. The Morgan fingerprint density at radius 2 is 1.86 bits per heavy atom. The summed E-state index contributed by atoms with van der Waals surface area (Å²) in [6.07, 6.45) is 1.37. The average Bonchev–Trinajstić information content (AvgIpc) is 2.75. The van der Waals surface area contributed by atoms with Gasteiger partial charge in [0.15, 0.2) is 11.6 Å². The van der Waals surface area contributed by atoms with Gasteiger partial charge in [-0.2, -0.15) is 0 Å². The highest BCUT2D eigenvalue weighted by Crippen LogP contribution is 2.47. The molecule has 28 heavy (non-hydrogen) atoms. The van der Waals surface area contributed by atoms with Crippen LogP contribution in [-0.4, -0.2) is 26.6 Å². The van der Waals surface area contributed by atoms with Gasteiger partial charge in [0.25, 0.3) is 0 Å². The predicted molar refractivity (Wildman–Crippen MR) is 102 cm³/mol. The van der Waals surface area contributed by atoms with Crippen molar-refractivity contribution in [2.24, 2.45) is 5.73 Å². The lowest BCUT2D eigenvalue weighted by atomic mass is 9.82. The van der Waals surface area contributed by atoms with Gasteiger partial charge in [0.1, 0.15) is 0 Å². The third kappa shape index (κ3) is 3.58. The number of benzene rings is 1. The Hall–Kier alpha value is -2.54. The maximum atomic E-state index is 14.7. The minimum absolute atomic E-state index is 0.157. The Kier molecular flexibility index (Phi) is 5.39. The second-order valence-electron chi connectivity index (χ2n) is 8.18. The minimum Gasteiger partial charge on any atom is -0.465 e. The van der Waals surface area contributed by atoms with Crippen LogP contribution in [-0.2, 0) is 0 Å². The molecule has 3 N–H and O–H groups in total. The van der Waals surface area contributed by atoms with E-state index in [1.54, 1.807) is 39.1 Å². The number of fused-ring (bicyclic) bond motifs is 1. The molecule has 1 aromatic carbocycles. The fourth-order valence-electron chi connectivity index (χ4n) is 4.13. The Morgan fingerprint density at radius 3 is 2.50 bits per heavy atom. The average molecular weight is 389 g/mol. The molecule has 1 heterocycles. The molecule has 1 amide bonds. The molecule has 1 aliphatic rings. The maximum absolute atomic E-state index is 14.7. The van der Waals surface area contributed by atoms with E-state index in [-0.39, 0.29) is 5.56 Å². The monoisotopic (exact) mass is 389 g/mol. The van der Waals surface area contributed by atoms with Crippen LogP contribution < -0.4 is 5.73 Å². The van der Waals surface area contributed by atoms with Crippen molar-refractivity contribution in [3.05, 3.63) is 65.0 Å². The topological polar surface area (TPSA) is 79.5 Å². The fourth-order valence-corrected chi connectivity index (χ4v) is 4.13. The summed E-state index contributed by atoms with van der Waals surface area (Å²) in [5, 5.41) is 10.0. The van der Waals surface area contributed by atoms with Gasteiger partial charge < -0.3 is 10.8 Å². The molecule has 5 nitrogen and oxygen atoms in total. The zero-order valence-corrected chi connectivity index (χ0v) is 16.2. The van der Waals surface area contributed by atoms with Crippen molar-refractivity contribution in [2.75, 3.05) is 0 Å². The first kappa shape index (κ1) is 20.2. The molecule has 0 radical (unpaired) electrons. The Balaban J connectivity index is 2.28. The van der Waals surface area contributed by atoms with Crippen molar-refractivity contribution in [1.29, 1.82) is 0 Å². The second-order valence-corrected chi connectivity index (χ2v) is 8.18. The maximum Gasteiger partial charge on any atom is 0.408 e. The number of nitrogens with two attached hydrogens (primary N) is 1. The molecular formula is C21H25F2N3O2. The summed E-state index contributed by atoms with van der Waals surface area (Å²) in [4.78, 5) is 18.0. The summed E-state index contributed by atoms with van der Waals surface area (Å²) in [7, 11) is 0. The molecule has 0 saturated carbocycles. The molecule has 0 aliphatic heterocycles. The van der Waals surface area contributed by atoms with Gasteiger partial charge in [-0.3, -0.25) is 9.88 Å². The molecule has 0 spiro atoms. The number of amides is 1. The van der Waals surface area contributed by atoms with Gasteiger partial charge in [-0.1, -0.05) is 18.2 Å². The number of halogens is 2. The number of rotatable bonds is 2. The molecule has 150 valence electrons. The lowest BCUT2D eigenvalue weighted by Gasteiger charge is -2.43. The normalized spacial score (nSPS) is 22.3.